The van der Waals surface area contributed by atoms with Crippen molar-refractivity contribution >= 4 is 38.9 Å². The highest BCUT2D eigenvalue weighted by molar-refractivity contribution is 7.17. The molecule has 0 spiro atoms. The SMILES string of the molecule is C=C(C)/C(=N\NC(=O)CNC(=O)c1ccc(OC)c(OC)c1)c1csc2ccccc12. The Morgan fingerprint density at radius 1 is 1.10 bits per heavy atom. The molecule has 1 heterocycles. The van der Waals surface area contributed by atoms with Gasteiger partial charge in [-0.1, -0.05) is 24.8 Å². The van der Waals surface area contributed by atoms with Crippen molar-refractivity contribution in [3.63, 3.8) is 0 Å². The van der Waals surface area contributed by atoms with Crippen LogP contribution >= 0.6 is 11.3 Å². The van der Waals surface area contributed by atoms with E-state index in [1.165, 1.54) is 14.2 Å². The second kappa shape index (κ2) is 9.90. The lowest BCUT2D eigenvalue weighted by Gasteiger charge is -2.10. The molecular formula is C23H23N3O4S. The maximum Gasteiger partial charge on any atom is 0.259 e. The fourth-order valence-corrected chi connectivity index (χ4v) is 3.89. The molecule has 0 unspecified atom stereocenters. The Hall–Kier alpha value is -3.65. The summed E-state index contributed by atoms with van der Waals surface area (Å²) in [7, 11) is 3.00. The summed E-state index contributed by atoms with van der Waals surface area (Å²) in [4.78, 5) is 24.6. The quantitative estimate of drug-likeness (QED) is 0.415. The fourth-order valence-electron chi connectivity index (χ4n) is 2.94. The zero-order valence-electron chi connectivity index (χ0n) is 17.5. The van der Waals surface area contributed by atoms with Crippen LogP contribution < -0.4 is 20.2 Å². The lowest BCUT2D eigenvalue weighted by Crippen LogP contribution is -2.35. The van der Waals surface area contributed by atoms with E-state index in [0.717, 1.165) is 21.2 Å². The van der Waals surface area contributed by atoms with Crippen molar-refractivity contribution in [2.45, 2.75) is 6.92 Å². The highest BCUT2D eigenvalue weighted by atomic mass is 32.1. The number of ether oxygens (including phenoxy) is 2. The third-order valence-electron chi connectivity index (χ3n) is 4.49. The number of allylic oxidation sites excluding steroid dienone is 1. The van der Waals surface area contributed by atoms with Crippen LogP contribution in [-0.2, 0) is 4.79 Å². The van der Waals surface area contributed by atoms with E-state index in [9.17, 15) is 9.59 Å². The Balaban J connectivity index is 1.66. The van der Waals surface area contributed by atoms with E-state index in [0.29, 0.717) is 22.8 Å². The van der Waals surface area contributed by atoms with E-state index in [4.69, 9.17) is 9.47 Å². The summed E-state index contributed by atoms with van der Waals surface area (Å²) in [6, 6.07) is 12.7. The number of benzene rings is 2. The molecule has 3 aromatic rings. The van der Waals surface area contributed by atoms with Crippen LogP contribution in [0.5, 0.6) is 11.5 Å². The van der Waals surface area contributed by atoms with Crippen LogP contribution in [-0.4, -0.2) is 38.3 Å². The van der Waals surface area contributed by atoms with Crippen LogP contribution in [0.25, 0.3) is 10.1 Å². The summed E-state index contributed by atoms with van der Waals surface area (Å²) in [5.74, 6) is 0.0776. The summed E-state index contributed by atoms with van der Waals surface area (Å²) in [5, 5.41) is 9.86. The van der Waals surface area contributed by atoms with Gasteiger partial charge in [0.15, 0.2) is 11.5 Å². The summed E-state index contributed by atoms with van der Waals surface area (Å²) in [5.41, 5.74) is 5.07. The molecule has 160 valence electrons. The Kier molecular flexibility index (Phi) is 7.04. The molecule has 0 fully saturated rings. The molecule has 2 amide bonds. The van der Waals surface area contributed by atoms with Crippen LogP contribution in [0.3, 0.4) is 0 Å². The number of carbonyl (C=O) groups is 2. The number of hydrogen-bond acceptors (Lipinski definition) is 6. The number of hydrazone groups is 1. The first-order valence-electron chi connectivity index (χ1n) is 9.43. The molecule has 0 aliphatic heterocycles. The summed E-state index contributed by atoms with van der Waals surface area (Å²) in [6.07, 6.45) is 0. The molecule has 3 rings (SSSR count). The van der Waals surface area contributed by atoms with Gasteiger partial charge in [-0.25, -0.2) is 5.43 Å². The van der Waals surface area contributed by atoms with E-state index in [1.54, 1.807) is 29.5 Å². The van der Waals surface area contributed by atoms with Crippen LogP contribution in [0, 0.1) is 0 Å². The van der Waals surface area contributed by atoms with Gasteiger partial charge in [0.1, 0.15) is 0 Å². The minimum atomic E-state index is -0.452. The smallest absolute Gasteiger partial charge is 0.259 e. The Labute approximate surface area is 184 Å². The Bertz CT molecular complexity index is 1170. The Morgan fingerprint density at radius 2 is 1.84 bits per heavy atom. The molecule has 2 N–H and O–H groups in total. The standard InChI is InChI=1S/C23H23N3O4S/c1-14(2)22(17-13-31-20-8-6-5-7-16(17)20)26-25-21(27)12-24-23(28)15-9-10-18(29-3)19(11-15)30-4/h5-11,13H,1,12H2,2-4H3,(H,24,28)(H,25,27)/b26-22+. The second-order valence-electron chi connectivity index (χ2n) is 6.67. The Morgan fingerprint density at radius 3 is 2.55 bits per heavy atom. The van der Waals surface area contributed by atoms with E-state index in [1.807, 2.05) is 36.6 Å². The molecule has 0 aliphatic carbocycles. The third-order valence-corrected chi connectivity index (χ3v) is 5.45. The molecule has 0 saturated carbocycles. The predicted molar refractivity (Wildman–Crippen MR) is 123 cm³/mol. The average molecular weight is 438 g/mol. The number of thiophene rings is 1. The first-order chi connectivity index (χ1) is 14.9. The zero-order valence-corrected chi connectivity index (χ0v) is 18.3. The molecule has 2 aromatic carbocycles. The van der Waals surface area contributed by atoms with Gasteiger partial charge in [0.05, 0.1) is 26.5 Å². The summed E-state index contributed by atoms with van der Waals surface area (Å²) < 4.78 is 11.5. The summed E-state index contributed by atoms with van der Waals surface area (Å²) in [6.45, 7) is 5.57. The molecule has 31 heavy (non-hydrogen) atoms. The van der Waals surface area contributed by atoms with E-state index in [-0.39, 0.29) is 6.54 Å². The number of amides is 2. The number of methoxy groups -OCH3 is 2. The minimum Gasteiger partial charge on any atom is -0.493 e. The fraction of sp³-hybridized carbons (Fsp3) is 0.174. The largest absolute Gasteiger partial charge is 0.493 e. The third kappa shape index (κ3) is 5.10. The number of hydrogen-bond donors (Lipinski definition) is 2. The van der Waals surface area contributed by atoms with Crippen LogP contribution in [0.2, 0.25) is 0 Å². The van der Waals surface area contributed by atoms with E-state index in [2.05, 4.69) is 22.4 Å². The maximum absolute atomic E-state index is 12.4. The summed E-state index contributed by atoms with van der Waals surface area (Å²) >= 11 is 1.60. The molecule has 0 bridgehead atoms. The monoisotopic (exact) mass is 437 g/mol. The normalized spacial score (nSPS) is 11.1. The molecule has 0 aliphatic rings. The molecular weight excluding hydrogens is 414 g/mol. The van der Waals surface area contributed by atoms with E-state index < -0.39 is 11.8 Å². The second-order valence-corrected chi connectivity index (χ2v) is 7.58. The molecule has 8 heteroatoms. The van der Waals surface area contributed by atoms with Gasteiger partial charge in [-0.3, -0.25) is 9.59 Å². The minimum absolute atomic E-state index is 0.232. The van der Waals surface area contributed by atoms with Crippen molar-refractivity contribution in [2.24, 2.45) is 5.10 Å². The first-order valence-corrected chi connectivity index (χ1v) is 10.3. The van der Waals surface area contributed by atoms with Crippen LogP contribution in [0.1, 0.15) is 22.8 Å². The number of fused-ring (bicyclic) bond motifs is 1. The van der Waals surface area contributed by atoms with E-state index >= 15 is 0 Å². The van der Waals surface area contributed by atoms with Crippen molar-refractivity contribution in [3.05, 3.63) is 71.1 Å². The van der Waals surface area contributed by atoms with Gasteiger partial charge in [-0.2, -0.15) is 5.10 Å². The first kappa shape index (κ1) is 22.0. The highest BCUT2D eigenvalue weighted by Gasteiger charge is 2.14. The number of carbonyl (C=O) groups excluding carboxylic acids is 2. The number of rotatable bonds is 8. The van der Waals surface area contributed by atoms with Crippen LogP contribution in [0.15, 0.2) is 65.1 Å². The van der Waals surface area contributed by atoms with Crippen LogP contribution in [0.4, 0.5) is 0 Å². The van der Waals surface area contributed by atoms with Crippen molar-refractivity contribution < 1.29 is 19.1 Å². The van der Waals surface area contributed by atoms with Crippen molar-refractivity contribution in [2.75, 3.05) is 20.8 Å². The maximum atomic E-state index is 12.4. The average Bonchev–Trinajstić information content (AvgIpc) is 3.20. The molecule has 0 atom stereocenters. The molecule has 0 radical (unpaired) electrons. The van der Waals surface area contributed by atoms with Gasteiger partial charge in [-0.05, 0) is 36.8 Å². The topological polar surface area (TPSA) is 89.0 Å². The number of nitrogens with one attached hydrogen (secondary N) is 2. The lowest BCUT2D eigenvalue weighted by atomic mass is 10.0. The van der Waals surface area contributed by atoms with Crippen molar-refractivity contribution in [3.8, 4) is 11.5 Å². The molecule has 0 saturated heterocycles. The molecule has 7 nitrogen and oxygen atoms in total. The molecule has 1 aromatic heterocycles. The van der Waals surface area contributed by atoms with Gasteiger partial charge in [0.25, 0.3) is 11.8 Å². The van der Waals surface area contributed by atoms with Gasteiger partial charge in [-0.15, -0.1) is 11.3 Å². The number of nitrogens with zero attached hydrogens (tertiary/aromatic N) is 1. The van der Waals surface area contributed by atoms with Crippen molar-refractivity contribution in [1.82, 2.24) is 10.7 Å². The van der Waals surface area contributed by atoms with Gasteiger partial charge >= 0.3 is 0 Å². The zero-order chi connectivity index (χ0) is 22.4. The van der Waals surface area contributed by atoms with Gasteiger partial charge < -0.3 is 14.8 Å². The lowest BCUT2D eigenvalue weighted by molar-refractivity contribution is -0.120. The van der Waals surface area contributed by atoms with Gasteiger partial charge in [0.2, 0.25) is 0 Å². The van der Waals surface area contributed by atoms with Gasteiger partial charge in [0, 0.05) is 26.6 Å². The van der Waals surface area contributed by atoms with Crippen molar-refractivity contribution in [1.29, 1.82) is 0 Å². The highest BCUT2D eigenvalue weighted by Crippen LogP contribution is 2.28. The predicted octanol–water partition coefficient (Wildman–Crippen LogP) is 3.74.